The van der Waals surface area contributed by atoms with E-state index in [-0.39, 0.29) is 5.78 Å². The molecular formula is C14H23N3O. The number of aromatic nitrogens is 1. The molecule has 1 aromatic heterocycles. The van der Waals surface area contributed by atoms with Gasteiger partial charge in [-0.1, -0.05) is 0 Å². The van der Waals surface area contributed by atoms with Gasteiger partial charge in [-0.05, 0) is 38.9 Å². The van der Waals surface area contributed by atoms with E-state index in [4.69, 9.17) is 0 Å². The second-order valence-electron chi connectivity index (χ2n) is 5.38. The number of likely N-dealkylation sites (N-methyl/N-ethyl adjacent to an activating group) is 1. The van der Waals surface area contributed by atoms with Crippen molar-refractivity contribution in [1.82, 2.24) is 14.8 Å². The van der Waals surface area contributed by atoms with Crippen molar-refractivity contribution >= 4 is 5.78 Å². The maximum absolute atomic E-state index is 12.3. The molecule has 18 heavy (non-hydrogen) atoms. The minimum atomic E-state index is 0.216. The van der Waals surface area contributed by atoms with E-state index in [1.165, 1.54) is 5.56 Å². The summed E-state index contributed by atoms with van der Waals surface area (Å²) >= 11 is 0. The summed E-state index contributed by atoms with van der Waals surface area (Å²) in [7, 11) is 2.13. The molecule has 0 amide bonds. The van der Waals surface area contributed by atoms with Crippen molar-refractivity contribution in [3.05, 3.63) is 22.5 Å². The Morgan fingerprint density at radius 3 is 2.22 bits per heavy atom. The minimum Gasteiger partial charge on any atom is -0.356 e. The van der Waals surface area contributed by atoms with E-state index in [0.29, 0.717) is 6.54 Å². The Morgan fingerprint density at radius 2 is 1.72 bits per heavy atom. The first-order valence-electron chi connectivity index (χ1n) is 6.59. The van der Waals surface area contributed by atoms with E-state index in [0.717, 1.165) is 43.1 Å². The number of hydrogen-bond acceptors (Lipinski definition) is 3. The number of ketones is 1. The molecule has 100 valence electrons. The van der Waals surface area contributed by atoms with Gasteiger partial charge >= 0.3 is 0 Å². The van der Waals surface area contributed by atoms with E-state index >= 15 is 0 Å². The molecule has 2 heterocycles. The van der Waals surface area contributed by atoms with Crippen molar-refractivity contribution in [2.45, 2.75) is 20.8 Å². The molecular weight excluding hydrogens is 226 g/mol. The summed E-state index contributed by atoms with van der Waals surface area (Å²) in [6.45, 7) is 10.7. The van der Waals surface area contributed by atoms with Gasteiger partial charge in [0.25, 0.3) is 0 Å². The zero-order valence-electron chi connectivity index (χ0n) is 11.8. The van der Waals surface area contributed by atoms with Crippen molar-refractivity contribution in [3.63, 3.8) is 0 Å². The van der Waals surface area contributed by atoms with Crippen LogP contribution >= 0.6 is 0 Å². The van der Waals surface area contributed by atoms with Crippen molar-refractivity contribution in [1.29, 1.82) is 0 Å². The lowest BCUT2D eigenvalue weighted by Gasteiger charge is -2.31. The third kappa shape index (κ3) is 2.65. The number of piperazine rings is 1. The first-order chi connectivity index (χ1) is 8.49. The number of aromatic amines is 1. The standard InChI is InChI=1S/C14H23N3O/c1-10-11(2)14(15-12(10)3)13(18)9-17-7-5-16(4)6-8-17/h15H,5-9H2,1-4H3. The Morgan fingerprint density at radius 1 is 1.11 bits per heavy atom. The average molecular weight is 249 g/mol. The van der Waals surface area contributed by atoms with Crippen LogP contribution < -0.4 is 0 Å². The van der Waals surface area contributed by atoms with Gasteiger partial charge in [-0.2, -0.15) is 0 Å². The number of H-pyrrole nitrogens is 1. The molecule has 0 bridgehead atoms. The van der Waals surface area contributed by atoms with Gasteiger partial charge < -0.3 is 9.88 Å². The number of carbonyl (C=O) groups is 1. The molecule has 1 aromatic rings. The van der Waals surface area contributed by atoms with Gasteiger partial charge in [0.2, 0.25) is 0 Å². The molecule has 4 heteroatoms. The highest BCUT2D eigenvalue weighted by Crippen LogP contribution is 2.17. The van der Waals surface area contributed by atoms with Crippen LogP contribution in [0.1, 0.15) is 27.3 Å². The van der Waals surface area contributed by atoms with E-state index in [9.17, 15) is 4.79 Å². The lowest BCUT2D eigenvalue weighted by Crippen LogP contribution is -2.46. The molecule has 1 saturated heterocycles. The fourth-order valence-corrected chi connectivity index (χ4v) is 2.41. The number of rotatable bonds is 3. The van der Waals surface area contributed by atoms with Crippen LogP contribution in [0.25, 0.3) is 0 Å². The third-order valence-corrected chi connectivity index (χ3v) is 4.05. The molecule has 0 saturated carbocycles. The third-order valence-electron chi connectivity index (χ3n) is 4.05. The molecule has 0 atom stereocenters. The zero-order valence-corrected chi connectivity index (χ0v) is 11.8. The van der Waals surface area contributed by atoms with Crippen LogP contribution in [0.5, 0.6) is 0 Å². The van der Waals surface area contributed by atoms with E-state index in [1.807, 2.05) is 13.8 Å². The maximum Gasteiger partial charge on any atom is 0.193 e. The van der Waals surface area contributed by atoms with Gasteiger partial charge in [0.15, 0.2) is 5.78 Å². The van der Waals surface area contributed by atoms with E-state index in [1.54, 1.807) is 0 Å². The molecule has 0 aliphatic carbocycles. The first-order valence-corrected chi connectivity index (χ1v) is 6.59. The number of nitrogens with one attached hydrogen (secondary N) is 1. The van der Waals surface area contributed by atoms with Crippen molar-refractivity contribution in [3.8, 4) is 0 Å². The van der Waals surface area contributed by atoms with Crippen LogP contribution in [-0.4, -0.2) is 60.3 Å². The lowest BCUT2D eigenvalue weighted by molar-refractivity contribution is 0.0871. The second-order valence-corrected chi connectivity index (χ2v) is 5.38. The smallest absolute Gasteiger partial charge is 0.193 e. The Kier molecular flexibility index (Phi) is 3.88. The SMILES string of the molecule is Cc1[nH]c(C(=O)CN2CCN(C)CC2)c(C)c1C. The topological polar surface area (TPSA) is 39.3 Å². The molecule has 0 radical (unpaired) electrons. The number of Topliss-reactive ketones (excluding diaryl/α,β-unsaturated/α-hetero) is 1. The maximum atomic E-state index is 12.3. The molecule has 1 aliphatic heterocycles. The lowest BCUT2D eigenvalue weighted by atomic mass is 10.1. The molecule has 0 spiro atoms. The van der Waals surface area contributed by atoms with Crippen molar-refractivity contribution < 1.29 is 4.79 Å². The molecule has 1 N–H and O–H groups in total. The monoisotopic (exact) mass is 249 g/mol. The Hall–Kier alpha value is -1.13. The highest BCUT2D eigenvalue weighted by Gasteiger charge is 2.20. The summed E-state index contributed by atoms with van der Waals surface area (Å²) in [4.78, 5) is 20.1. The van der Waals surface area contributed by atoms with E-state index in [2.05, 4.69) is 28.8 Å². The molecule has 1 fully saturated rings. The summed E-state index contributed by atoms with van der Waals surface area (Å²) in [6, 6.07) is 0. The van der Waals surface area contributed by atoms with Crippen LogP contribution in [-0.2, 0) is 0 Å². The summed E-state index contributed by atoms with van der Waals surface area (Å²) in [5.74, 6) is 0.216. The first kappa shape index (κ1) is 13.3. The largest absolute Gasteiger partial charge is 0.356 e. The van der Waals surface area contributed by atoms with Gasteiger partial charge in [0.1, 0.15) is 0 Å². The van der Waals surface area contributed by atoms with Crippen LogP contribution in [0.15, 0.2) is 0 Å². The predicted octanol–water partition coefficient (Wildman–Crippen LogP) is 1.37. The van der Waals surface area contributed by atoms with Crippen LogP contribution in [0, 0.1) is 20.8 Å². The quantitative estimate of drug-likeness (QED) is 0.822. The zero-order chi connectivity index (χ0) is 13.3. The average Bonchev–Trinajstić information content (AvgIpc) is 2.60. The fraction of sp³-hybridized carbons (Fsp3) is 0.643. The molecule has 0 unspecified atom stereocenters. The number of nitrogens with zero attached hydrogens (tertiary/aromatic N) is 2. The normalized spacial score (nSPS) is 18.2. The van der Waals surface area contributed by atoms with Crippen LogP contribution in [0.4, 0.5) is 0 Å². The van der Waals surface area contributed by atoms with Gasteiger partial charge in [-0.15, -0.1) is 0 Å². The number of aryl methyl sites for hydroxylation is 1. The summed E-state index contributed by atoms with van der Waals surface area (Å²) in [5, 5.41) is 0. The summed E-state index contributed by atoms with van der Waals surface area (Å²) in [6.07, 6.45) is 0. The van der Waals surface area contributed by atoms with Gasteiger partial charge in [-0.3, -0.25) is 9.69 Å². The molecule has 2 rings (SSSR count). The van der Waals surface area contributed by atoms with Gasteiger partial charge in [0, 0.05) is 31.9 Å². The Balaban J connectivity index is 2.01. The predicted molar refractivity (Wildman–Crippen MR) is 73.3 cm³/mol. The van der Waals surface area contributed by atoms with Crippen molar-refractivity contribution in [2.24, 2.45) is 0 Å². The number of hydrogen-bond donors (Lipinski definition) is 1. The van der Waals surface area contributed by atoms with Gasteiger partial charge in [0.05, 0.1) is 12.2 Å². The highest BCUT2D eigenvalue weighted by atomic mass is 16.1. The minimum absolute atomic E-state index is 0.216. The fourth-order valence-electron chi connectivity index (χ4n) is 2.41. The summed E-state index contributed by atoms with van der Waals surface area (Å²) < 4.78 is 0. The van der Waals surface area contributed by atoms with Crippen molar-refractivity contribution in [2.75, 3.05) is 39.8 Å². The molecule has 4 nitrogen and oxygen atoms in total. The molecule has 1 aliphatic rings. The highest BCUT2D eigenvalue weighted by molar-refractivity contribution is 5.97. The second kappa shape index (κ2) is 5.24. The summed E-state index contributed by atoms with van der Waals surface area (Å²) in [5.41, 5.74) is 4.21. The van der Waals surface area contributed by atoms with Crippen LogP contribution in [0.2, 0.25) is 0 Å². The van der Waals surface area contributed by atoms with Gasteiger partial charge in [-0.25, -0.2) is 0 Å². The molecule has 0 aromatic carbocycles. The van der Waals surface area contributed by atoms with Crippen LogP contribution in [0.3, 0.4) is 0 Å². The number of carbonyl (C=O) groups excluding carboxylic acids is 1. The Bertz CT molecular complexity index is 442. The van der Waals surface area contributed by atoms with E-state index < -0.39 is 0 Å². The Labute approximate surface area is 109 Å².